The van der Waals surface area contributed by atoms with Crippen molar-refractivity contribution >= 4 is 11.3 Å². The quantitative estimate of drug-likeness (QED) is 0.831. The minimum absolute atomic E-state index is 0.417. The van der Waals surface area contributed by atoms with Crippen LogP contribution in [0.1, 0.15) is 29.0 Å². The molecule has 0 unspecified atom stereocenters. The van der Waals surface area contributed by atoms with Crippen LogP contribution in [0, 0.1) is 11.3 Å². The Labute approximate surface area is 112 Å². The maximum atomic E-state index is 8.76. The molecular formula is C15H16N2S. The van der Waals surface area contributed by atoms with Crippen molar-refractivity contribution in [3.8, 4) is 6.07 Å². The van der Waals surface area contributed by atoms with Gasteiger partial charge in [-0.15, -0.1) is 11.3 Å². The van der Waals surface area contributed by atoms with Crippen LogP contribution in [0.25, 0.3) is 0 Å². The van der Waals surface area contributed by atoms with Crippen molar-refractivity contribution in [3.05, 3.63) is 57.8 Å². The molecule has 1 aromatic carbocycles. The maximum absolute atomic E-state index is 8.76. The molecule has 2 aromatic rings. The zero-order chi connectivity index (χ0) is 13.0. The molecule has 1 atom stereocenters. The van der Waals surface area contributed by atoms with E-state index in [2.05, 4.69) is 42.5 Å². The lowest BCUT2D eigenvalue weighted by Crippen LogP contribution is -2.21. The summed E-state index contributed by atoms with van der Waals surface area (Å²) < 4.78 is 0. The van der Waals surface area contributed by atoms with Gasteiger partial charge in [0.1, 0.15) is 0 Å². The van der Waals surface area contributed by atoms with Crippen LogP contribution in [0.4, 0.5) is 0 Å². The van der Waals surface area contributed by atoms with Crippen molar-refractivity contribution in [2.75, 3.05) is 7.05 Å². The Morgan fingerprint density at radius 2 is 2.00 bits per heavy atom. The topological polar surface area (TPSA) is 27.0 Å². The van der Waals surface area contributed by atoms with Gasteiger partial charge in [0.25, 0.3) is 0 Å². The Balaban J connectivity index is 2.02. The highest BCUT2D eigenvalue weighted by molar-refractivity contribution is 7.10. The standard InChI is InChI=1S/C15H16N2S/c1-12(15-4-3-9-18-15)17(2)11-14-7-5-13(10-16)6-8-14/h3-9,12H,11H2,1-2H3/t12-/m0/s1. The Bertz CT molecular complexity index is 523. The molecule has 1 heterocycles. The molecule has 3 heteroatoms. The van der Waals surface area contributed by atoms with Gasteiger partial charge in [-0.2, -0.15) is 5.26 Å². The number of nitrogens with zero attached hydrogens (tertiary/aromatic N) is 2. The lowest BCUT2D eigenvalue weighted by molar-refractivity contribution is 0.256. The fourth-order valence-electron chi connectivity index (χ4n) is 1.86. The van der Waals surface area contributed by atoms with Crippen LogP contribution < -0.4 is 0 Å². The molecule has 2 nitrogen and oxygen atoms in total. The smallest absolute Gasteiger partial charge is 0.0991 e. The summed E-state index contributed by atoms with van der Waals surface area (Å²) in [6.45, 7) is 3.11. The molecule has 2 rings (SSSR count). The van der Waals surface area contributed by atoms with E-state index in [-0.39, 0.29) is 0 Å². The van der Waals surface area contributed by atoms with Gasteiger partial charge in [0.05, 0.1) is 11.6 Å². The van der Waals surface area contributed by atoms with Crippen molar-refractivity contribution in [1.29, 1.82) is 5.26 Å². The molecule has 0 radical (unpaired) electrons. The van der Waals surface area contributed by atoms with E-state index >= 15 is 0 Å². The van der Waals surface area contributed by atoms with Crippen LogP contribution in [0.5, 0.6) is 0 Å². The summed E-state index contributed by atoms with van der Waals surface area (Å²) in [6, 6.07) is 14.6. The number of rotatable bonds is 4. The van der Waals surface area contributed by atoms with Crippen LogP contribution in [0.3, 0.4) is 0 Å². The van der Waals surface area contributed by atoms with Gasteiger partial charge in [-0.25, -0.2) is 0 Å². The van der Waals surface area contributed by atoms with Crippen LogP contribution in [-0.2, 0) is 6.54 Å². The molecule has 0 fully saturated rings. The predicted octanol–water partition coefficient (Wildman–Crippen LogP) is 3.81. The molecule has 0 amide bonds. The molecule has 1 aromatic heterocycles. The third kappa shape index (κ3) is 2.98. The predicted molar refractivity (Wildman–Crippen MR) is 75.4 cm³/mol. The SMILES string of the molecule is C[C@@H](c1cccs1)N(C)Cc1ccc(C#N)cc1. The van der Waals surface area contributed by atoms with Gasteiger partial charge in [0, 0.05) is 17.5 Å². The number of nitriles is 1. The van der Waals surface area contributed by atoms with Gasteiger partial charge < -0.3 is 0 Å². The Kier molecular flexibility index (Phi) is 4.14. The number of hydrogen-bond donors (Lipinski definition) is 0. The first kappa shape index (κ1) is 12.8. The van der Waals surface area contributed by atoms with Crippen molar-refractivity contribution in [2.24, 2.45) is 0 Å². The molecule has 0 aliphatic rings. The second-order valence-electron chi connectivity index (χ2n) is 4.42. The summed E-state index contributed by atoms with van der Waals surface area (Å²) in [5, 5.41) is 10.9. The summed E-state index contributed by atoms with van der Waals surface area (Å²) in [4.78, 5) is 3.69. The second kappa shape index (κ2) is 5.81. The summed E-state index contributed by atoms with van der Waals surface area (Å²) in [7, 11) is 2.13. The molecule has 18 heavy (non-hydrogen) atoms. The summed E-state index contributed by atoms with van der Waals surface area (Å²) in [6.07, 6.45) is 0. The minimum Gasteiger partial charge on any atom is -0.295 e. The van der Waals surface area contributed by atoms with E-state index in [1.165, 1.54) is 10.4 Å². The minimum atomic E-state index is 0.417. The molecule has 0 saturated heterocycles. The first-order valence-corrected chi connectivity index (χ1v) is 6.81. The fraction of sp³-hybridized carbons (Fsp3) is 0.267. The molecular weight excluding hydrogens is 240 g/mol. The molecule has 0 bridgehead atoms. The molecule has 0 aliphatic carbocycles. The normalized spacial score (nSPS) is 12.3. The Hall–Kier alpha value is -1.63. The summed E-state index contributed by atoms with van der Waals surface area (Å²) >= 11 is 1.79. The number of thiophene rings is 1. The number of hydrogen-bond acceptors (Lipinski definition) is 3. The van der Waals surface area contributed by atoms with Crippen molar-refractivity contribution < 1.29 is 0 Å². The monoisotopic (exact) mass is 256 g/mol. The molecule has 0 spiro atoms. The van der Waals surface area contributed by atoms with Crippen molar-refractivity contribution in [2.45, 2.75) is 19.5 Å². The van der Waals surface area contributed by atoms with Gasteiger partial charge in [-0.05, 0) is 43.1 Å². The number of benzene rings is 1. The molecule has 0 saturated carbocycles. The third-order valence-electron chi connectivity index (χ3n) is 3.13. The average Bonchev–Trinajstić information content (AvgIpc) is 2.92. The van der Waals surface area contributed by atoms with Crippen molar-refractivity contribution in [3.63, 3.8) is 0 Å². The zero-order valence-corrected chi connectivity index (χ0v) is 11.4. The first-order chi connectivity index (χ1) is 8.70. The van der Waals surface area contributed by atoms with E-state index in [0.717, 1.165) is 6.54 Å². The van der Waals surface area contributed by atoms with Gasteiger partial charge in [0.15, 0.2) is 0 Å². The van der Waals surface area contributed by atoms with Gasteiger partial charge in [0.2, 0.25) is 0 Å². The maximum Gasteiger partial charge on any atom is 0.0991 e. The fourth-order valence-corrected chi connectivity index (χ4v) is 2.70. The van der Waals surface area contributed by atoms with Crippen molar-refractivity contribution in [1.82, 2.24) is 4.90 Å². The van der Waals surface area contributed by atoms with Crippen LogP contribution in [-0.4, -0.2) is 11.9 Å². The highest BCUT2D eigenvalue weighted by atomic mass is 32.1. The second-order valence-corrected chi connectivity index (χ2v) is 5.39. The highest BCUT2D eigenvalue weighted by Gasteiger charge is 2.12. The lowest BCUT2D eigenvalue weighted by Gasteiger charge is -2.23. The van der Waals surface area contributed by atoms with Crippen LogP contribution in [0.15, 0.2) is 41.8 Å². The van der Waals surface area contributed by atoms with E-state index < -0.39 is 0 Å². The summed E-state index contributed by atoms with van der Waals surface area (Å²) in [5.74, 6) is 0. The largest absolute Gasteiger partial charge is 0.295 e. The Morgan fingerprint density at radius 3 is 2.56 bits per heavy atom. The zero-order valence-electron chi connectivity index (χ0n) is 10.6. The average molecular weight is 256 g/mol. The Morgan fingerprint density at radius 1 is 1.28 bits per heavy atom. The molecule has 0 aliphatic heterocycles. The van der Waals surface area contributed by atoms with E-state index in [1.54, 1.807) is 11.3 Å². The molecule has 0 N–H and O–H groups in total. The van der Waals surface area contributed by atoms with Gasteiger partial charge >= 0.3 is 0 Å². The van der Waals surface area contributed by atoms with Crippen LogP contribution in [0.2, 0.25) is 0 Å². The lowest BCUT2D eigenvalue weighted by atomic mass is 10.1. The summed E-state index contributed by atoms with van der Waals surface area (Å²) in [5.41, 5.74) is 1.95. The van der Waals surface area contributed by atoms with E-state index in [4.69, 9.17) is 5.26 Å². The van der Waals surface area contributed by atoms with Gasteiger partial charge in [-0.1, -0.05) is 18.2 Å². The van der Waals surface area contributed by atoms with E-state index in [0.29, 0.717) is 11.6 Å². The third-order valence-corrected chi connectivity index (χ3v) is 4.17. The first-order valence-electron chi connectivity index (χ1n) is 5.93. The molecule has 92 valence electrons. The van der Waals surface area contributed by atoms with Gasteiger partial charge in [-0.3, -0.25) is 4.90 Å². The van der Waals surface area contributed by atoms with Crippen LogP contribution >= 0.6 is 11.3 Å². The van der Waals surface area contributed by atoms with E-state index in [9.17, 15) is 0 Å². The van der Waals surface area contributed by atoms with E-state index in [1.807, 2.05) is 24.3 Å². The highest BCUT2D eigenvalue weighted by Crippen LogP contribution is 2.24.